The van der Waals surface area contributed by atoms with Crippen molar-refractivity contribution in [1.29, 1.82) is 0 Å². The Kier molecular flexibility index (Phi) is 11.9. The van der Waals surface area contributed by atoms with Crippen LogP contribution in [0.5, 0.6) is 0 Å². The molecule has 3 heteroatoms. The number of nitrogens with one attached hydrogen (secondary N) is 1. The van der Waals surface area contributed by atoms with E-state index in [1.165, 1.54) is 25.7 Å². The molecule has 0 bridgehead atoms. The summed E-state index contributed by atoms with van der Waals surface area (Å²) in [7, 11) is 3.89. The van der Waals surface area contributed by atoms with Crippen molar-refractivity contribution in [2.24, 2.45) is 0 Å². The third kappa shape index (κ3) is 11.8. The van der Waals surface area contributed by atoms with Gasteiger partial charge in [-0.15, -0.1) is 0 Å². The predicted octanol–water partition coefficient (Wildman–Crippen LogP) is 1.73. The quantitative estimate of drug-likeness (QED) is 0.532. The summed E-state index contributed by atoms with van der Waals surface area (Å²) in [5, 5.41) is 3.47. The molecule has 92 valence electrons. The van der Waals surface area contributed by atoms with Gasteiger partial charge in [0.2, 0.25) is 0 Å². The van der Waals surface area contributed by atoms with Crippen molar-refractivity contribution in [3.05, 3.63) is 0 Å². The van der Waals surface area contributed by atoms with E-state index < -0.39 is 0 Å². The van der Waals surface area contributed by atoms with Gasteiger partial charge >= 0.3 is 0 Å². The minimum Gasteiger partial charge on any atom is -0.383 e. The highest BCUT2D eigenvalue weighted by atomic mass is 16.5. The molecule has 1 N–H and O–H groups in total. The van der Waals surface area contributed by atoms with E-state index in [1.807, 2.05) is 0 Å². The van der Waals surface area contributed by atoms with Gasteiger partial charge in [0, 0.05) is 26.7 Å². The van der Waals surface area contributed by atoms with Gasteiger partial charge in [-0.05, 0) is 20.0 Å². The number of unbranched alkanes of at least 4 members (excludes halogenated alkanes) is 3. The monoisotopic (exact) mass is 216 g/mol. The molecule has 0 aromatic heterocycles. The SMILES string of the molecule is CCCCCCNCCN(C)CCOC. The molecule has 15 heavy (non-hydrogen) atoms. The van der Waals surface area contributed by atoms with Gasteiger partial charge in [0.05, 0.1) is 6.61 Å². The van der Waals surface area contributed by atoms with Crippen LogP contribution in [0.4, 0.5) is 0 Å². The maximum absolute atomic E-state index is 5.02. The Labute approximate surface area is 95.2 Å². The Morgan fingerprint density at radius 1 is 1.07 bits per heavy atom. The van der Waals surface area contributed by atoms with Crippen molar-refractivity contribution in [2.45, 2.75) is 32.6 Å². The molecule has 0 spiro atoms. The summed E-state index contributed by atoms with van der Waals surface area (Å²) in [6, 6.07) is 0. The van der Waals surface area contributed by atoms with E-state index in [9.17, 15) is 0 Å². The van der Waals surface area contributed by atoms with Gasteiger partial charge in [0.1, 0.15) is 0 Å². The van der Waals surface area contributed by atoms with Crippen molar-refractivity contribution in [3.63, 3.8) is 0 Å². The molecular formula is C12H28N2O. The third-order valence-electron chi connectivity index (χ3n) is 2.55. The number of nitrogens with zero attached hydrogens (tertiary/aromatic N) is 1. The molecule has 0 aromatic carbocycles. The average molecular weight is 216 g/mol. The van der Waals surface area contributed by atoms with Crippen LogP contribution in [0.1, 0.15) is 32.6 Å². The zero-order valence-electron chi connectivity index (χ0n) is 10.7. The molecule has 0 aromatic rings. The normalized spacial score (nSPS) is 11.2. The highest BCUT2D eigenvalue weighted by Crippen LogP contribution is 1.96. The van der Waals surface area contributed by atoms with E-state index in [0.717, 1.165) is 32.8 Å². The first-order chi connectivity index (χ1) is 7.31. The van der Waals surface area contributed by atoms with Crippen LogP contribution in [0.15, 0.2) is 0 Å². The molecule has 0 rings (SSSR count). The van der Waals surface area contributed by atoms with E-state index in [-0.39, 0.29) is 0 Å². The van der Waals surface area contributed by atoms with Crippen LogP contribution in [-0.2, 0) is 4.74 Å². The summed E-state index contributed by atoms with van der Waals surface area (Å²) in [6.07, 6.45) is 5.37. The first kappa shape index (κ1) is 14.9. The largest absolute Gasteiger partial charge is 0.383 e. The molecule has 0 aliphatic heterocycles. The Morgan fingerprint density at radius 2 is 1.87 bits per heavy atom. The zero-order valence-corrected chi connectivity index (χ0v) is 10.7. The number of likely N-dealkylation sites (N-methyl/N-ethyl adjacent to an activating group) is 1. The number of rotatable bonds is 11. The van der Waals surface area contributed by atoms with Gasteiger partial charge in [-0.1, -0.05) is 26.2 Å². The molecule has 0 amide bonds. The molecule has 0 heterocycles. The van der Waals surface area contributed by atoms with Crippen molar-refractivity contribution >= 4 is 0 Å². The molecule has 0 saturated carbocycles. The molecule has 0 aliphatic rings. The highest BCUT2D eigenvalue weighted by molar-refractivity contribution is 4.54. The van der Waals surface area contributed by atoms with Crippen LogP contribution in [-0.4, -0.2) is 51.8 Å². The first-order valence-electron chi connectivity index (χ1n) is 6.19. The lowest BCUT2D eigenvalue weighted by Gasteiger charge is -2.16. The zero-order chi connectivity index (χ0) is 11.4. The van der Waals surface area contributed by atoms with Crippen molar-refractivity contribution < 1.29 is 4.74 Å². The molecular weight excluding hydrogens is 188 g/mol. The van der Waals surface area contributed by atoms with Gasteiger partial charge in [-0.25, -0.2) is 0 Å². The summed E-state index contributed by atoms with van der Waals surface area (Å²) in [5.41, 5.74) is 0. The maximum Gasteiger partial charge on any atom is 0.0589 e. The summed E-state index contributed by atoms with van der Waals surface area (Å²) in [6.45, 7) is 7.46. The second kappa shape index (κ2) is 12.0. The summed E-state index contributed by atoms with van der Waals surface area (Å²) in [5.74, 6) is 0. The van der Waals surface area contributed by atoms with Crippen molar-refractivity contribution in [2.75, 3.05) is 46.9 Å². The third-order valence-corrected chi connectivity index (χ3v) is 2.55. The first-order valence-corrected chi connectivity index (χ1v) is 6.19. The van der Waals surface area contributed by atoms with Gasteiger partial charge in [-0.2, -0.15) is 0 Å². The topological polar surface area (TPSA) is 24.5 Å². The van der Waals surface area contributed by atoms with Gasteiger partial charge < -0.3 is 15.0 Å². The van der Waals surface area contributed by atoms with E-state index >= 15 is 0 Å². The minimum atomic E-state index is 0.826. The minimum absolute atomic E-state index is 0.826. The fraction of sp³-hybridized carbons (Fsp3) is 1.00. The number of ether oxygens (including phenoxy) is 1. The number of hydrogen-bond acceptors (Lipinski definition) is 3. The molecule has 0 aliphatic carbocycles. The summed E-state index contributed by atoms with van der Waals surface area (Å²) in [4.78, 5) is 2.29. The maximum atomic E-state index is 5.02. The summed E-state index contributed by atoms with van der Waals surface area (Å²) < 4.78 is 5.02. The number of hydrogen-bond donors (Lipinski definition) is 1. The molecule has 0 saturated heterocycles. The predicted molar refractivity (Wildman–Crippen MR) is 66.4 cm³/mol. The van der Waals surface area contributed by atoms with Crippen LogP contribution >= 0.6 is 0 Å². The van der Waals surface area contributed by atoms with Crippen LogP contribution in [0.25, 0.3) is 0 Å². The Bertz CT molecular complexity index is 120. The lowest BCUT2D eigenvalue weighted by Crippen LogP contribution is -2.31. The van der Waals surface area contributed by atoms with Crippen LogP contribution in [0, 0.1) is 0 Å². The molecule has 0 fully saturated rings. The average Bonchev–Trinajstić information content (AvgIpc) is 2.25. The fourth-order valence-corrected chi connectivity index (χ4v) is 1.43. The molecule has 3 nitrogen and oxygen atoms in total. The van der Waals surface area contributed by atoms with E-state index in [4.69, 9.17) is 4.74 Å². The smallest absolute Gasteiger partial charge is 0.0589 e. The Balaban J connectivity index is 3.02. The van der Waals surface area contributed by atoms with Crippen LogP contribution < -0.4 is 5.32 Å². The second-order valence-corrected chi connectivity index (χ2v) is 4.11. The lowest BCUT2D eigenvalue weighted by atomic mass is 10.2. The second-order valence-electron chi connectivity index (χ2n) is 4.11. The van der Waals surface area contributed by atoms with Gasteiger partial charge in [0.25, 0.3) is 0 Å². The van der Waals surface area contributed by atoms with E-state index in [0.29, 0.717) is 0 Å². The van der Waals surface area contributed by atoms with Crippen LogP contribution in [0.3, 0.4) is 0 Å². The molecule has 0 atom stereocenters. The van der Waals surface area contributed by atoms with Gasteiger partial charge in [-0.3, -0.25) is 0 Å². The van der Waals surface area contributed by atoms with Crippen molar-refractivity contribution in [1.82, 2.24) is 10.2 Å². The highest BCUT2D eigenvalue weighted by Gasteiger charge is 1.96. The van der Waals surface area contributed by atoms with E-state index in [2.05, 4.69) is 24.2 Å². The standard InChI is InChI=1S/C12H28N2O/c1-4-5-6-7-8-13-9-10-14(2)11-12-15-3/h13H,4-12H2,1-3H3. The molecule has 0 unspecified atom stereocenters. The van der Waals surface area contributed by atoms with Crippen LogP contribution in [0.2, 0.25) is 0 Å². The van der Waals surface area contributed by atoms with Crippen molar-refractivity contribution in [3.8, 4) is 0 Å². The Morgan fingerprint density at radius 3 is 2.53 bits per heavy atom. The lowest BCUT2D eigenvalue weighted by molar-refractivity contribution is 0.161. The summed E-state index contributed by atoms with van der Waals surface area (Å²) >= 11 is 0. The number of methoxy groups -OCH3 is 1. The molecule has 0 radical (unpaired) electrons. The Hall–Kier alpha value is -0.120. The van der Waals surface area contributed by atoms with Gasteiger partial charge in [0.15, 0.2) is 0 Å². The van der Waals surface area contributed by atoms with E-state index in [1.54, 1.807) is 7.11 Å². The fourth-order valence-electron chi connectivity index (χ4n) is 1.43.